The van der Waals surface area contributed by atoms with Crippen molar-refractivity contribution in [3.63, 3.8) is 0 Å². The number of oxazole rings is 1. The Morgan fingerprint density at radius 1 is 1.02 bits per heavy atom. The highest BCUT2D eigenvalue weighted by Crippen LogP contribution is 2.44. The molecule has 44 heavy (non-hydrogen) atoms. The molecule has 2 amide bonds. The second-order valence-electron chi connectivity index (χ2n) is 9.76. The zero-order valence-electron chi connectivity index (χ0n) is 24.4. The van der Waals surface area contributed by atoms with E-state index in [1.54, 1.807) is 6.07 Å². The van der Waals surface area contributed by atoms with Gasteiger partial charge in [0.25, 0.3) is 5.89 Å². The van der Waals surface area contributed by atoms with Crippen LogP contribution in [0.4, 0.5) is 28.6 Å². The number of rotatable bonds is 10. The fourth-order valence-electron chi connectivity index (χ4n) is 4.75. The molecule has 12 nitrogen and oxygen atoms in total. The summed E-state index contributed by atoms with van der Waals surface area (Å²) in [6.07, 6.45) is 2.66. The van der Waals surface area contributed by atoms with Gasteiger partial charge >= 0.3 is 5.91 Å². The van der Waals surface area contributed by atoms with Gasteiger partial charge in [0, 0.05) is 44.0 Å². The van der Waals surface area contributed by atoms with Crippen LogP contribution >= 0.6 is 23.2 Å². The number of hydrogen-bond donors (Lipinski definition) is 3. The molecule has 4 aromatic rings. The first-order chi connectivity index (χ1) is 21.2. The number of fused-ring (bicyclic) bond motifs is 1. The molecule has 1 fully saturated rings. The van der Waals surface area contributed by atoms with Crippen LogP contribution in [0.15, 0.2) is 53.6 Å². The molecule has 3 heterocycles. The molecule has 1 aliphatic rings. The molecule has 14 heteroatoms. The molecule has 0 radical (unpaired) electrons. The van der Waals surface area contributed by atoms with Gasteiger partial charge in [-0.25, -0.2) is 9.97 Å². The maximum Gasteiger partial charge on any atom is 0.311 e. The molecule has 1 aliphatic heterocycles. The van der Waals surface area contributed by atoms with Gasteiger partial charge in [-0.15, -0.1) is 0 Å². The van der Waals surface area contributed by atoms with Crippen LogP contribution in [-0.4, -0.2) is 73.6 Å². The standard InChI is InChI=1S/C30H31Cl2N7O5/c1-5-25(40)35-19-13-17(39-11-9-38(6-2)10-12-39)7-8-18(19)34-24-14-20-23(16-33-24)44-30(36-20)29(41)37-28-26(31)21(42-3)15-22(43-4)27(28)32/h5,7-8,13-16H,1,6,9-12H2,2-4H3,(H,33,34)(H,35,40)(H,37,41). The van der Waals surface area contributed by atoms with Crippen molar-refractivity contribution in [2.45, 2.75) is 6.92 Å². The van der Waals surface area contributed by atoms with Gasteiger partial charge in [-0.1, -0.05) is 36.7 Å². The van der Waals surface area contributed by atoms with Gasteiger partial charge in [-0.3, -0.25) is 9.59 Å². The van der Waals surface area contributed by atoms with Crippen molar-refractivity contribution in [1.82, 2.24) is 14.9 Å². The number of carbonyl (C=O) groups excluding carboxylic acids is 2. The fourth-order valence-corrected chi connectivity index (χ4v) is 5.34. The van der Waals surface area contributed by atoms with Crippen LogP contribution in [0, 0.1) is 0 Å². The van der Waals surface area contributed by atoms with Crippen molar-refractivity contribution < 1.29 is 23.5 Å². The lowest BCUT2D eigenvalue weighted by Gasteiger charge is -2.35. The maximum atomic E-state index is 13.1. The molecular formula is C30H31Cl2N7O5. The molecule has 2 aromatic carbocycles. The molecule has 5 rings (SSSR count). The number of aromatic nitrogens is 2. The van der Waals surface area contributed by atoms with Crippen LogP contribution in [0.1, 0.15) is 17.6 Å². The van der Waals surface area contributed by atoms with E-state index in [0.29, 0.717) is 22.7 Å². The molecule has 3 N–H and O–H groups in total. The van der Waals surface area contributed by atoms with Crippen molar-refractivity contribution in [1.29, 1.82) is 0 Å². The quantitative estimate of drug-likeness (QED) is 0.182. The van der Waals surface area contributed by atoms with E-state index in [1.165, 1.54) is 32.6 Å². The van der Waals surface area contributed by atoms with E-state index < -0.39 is 5.91 Å². The van der Waals surface area contributed by atoms with Gasteiger partial charge in [0.15, 0.2) is 5.58 Å². The summed E-state index contributed by atoms with van der Waals surface area (Å²) in [5.74, 6) is -0.336. The number of pyridine rings is 1. The van der Waals surface area contributed by atoms with Gasteiger partial charge in [0.1, 0.15) is 32.9 Å². The fraction of sp³-hybridized carbons (Fsp3) is 0.267. The summed E-state index contributed by atoms with van der Waals surface area (Å²) in [4.78, 5) is 38.7. The number of halogens is 2. The summed E-state index contributed by atoms with van der Waals surface area (Å²) in [6, 6.07) is 8.93. The Hall–Kier alpha value is -4.52. The summed E-state index contributed by atoms with van der Waals surface area (Å²) < 4.78 is 16.2. The van der Waals surface area contributed by atoms with Gasteiger partial charge < -0.3 is 39.6 Å². The van der Waals surface area contributed by atoms with E-state index in [2.05, 4.69) is 49.2 Å². The molecule has 0 saturated carbocycles. The van der Waals surface area contributed by atoms with Crippen LogP contribution in [0.5, 0.6) is 11.5 Å². The van der Waals surface area contributed by atoms with Crippen LogP contribution in [-0.2, 0) is 4.79 Å². The van der Waals surface area contributed by atoms with Crippen LogP contribution < -0.4 is 30.3 Å². The first-order valence-electron chi connectivity index (χ1n) is 13.7. The lowest BCUT2D eigenvalue weighted by atomic mass is 10.2. The van der Waals surface area contributed by atoms with Gasteiger partial charge in [-0.05, 0) is 30.8 Å². The van der Waals surface area contributed by atoms with Crippen LogP contribution in [0.25, 0.3) is 11.1 Å². The minimum absolute atomic E-state index is 0.0852. The number of nitrogens with zero attached hydrogens (tertiary/aromatic N) is 4. The average Bonchev–Trinajstić information content (AvgIpc) is 3.47. The first kappa shape index (κ1) is 30.9. The van der Waals surface area contributed by atoms with E-state index in [1.807, 2.05) is 18.2 Å². The lowest BCUT2D eigenvalue weighted by Crippen LogP contribution is -2.46. The second kappa shape index (κ2) is 13.4. The molecular weight excluding hydrogens is 609 g/mol. The largest absolute Gasteiger partial charge is 0.495 e. The third-order valence-corrected chi connectivity index (χ3v) is 7.93. The number of benzene rings is 2. The molecule has 0 spiro atoms. The molecule has 0 bridgehead atoms. The monoisotopic (exact) mass is 639 g/mol. The summed E-state index contributed by atoms with van der Waals surface area (Å²) in [7, 11) is 2.86. The van der Waals surface area contributed by atoms with Crippen molar-refractivity contribution in [3.8, 4) is 11.5 Å². The lowest BCUT2D eigenvalue weighted by molar-refractivity contribution is -0.111. The van der Waals surface area contributed by atoms with Gasteiger partial charge in [0.2, 0.25) is 5.91 Å². The number of hydrogen-bond acceptors (Lipinski definition) is 10. The Labute approximate surface area is 263 Å². The zero-order chi connectivity index (χ0) is 31.4. The smallest absolute Gasteiger partial charge is 0.311 e. The highest BCUT2D eigenvalue weighted by molar-refractivity contribution is 6.41. The van der Waals surface area contributed by atoms with Crippen molar-refractivity contribution >= 4 is 74.7 Å². The average molecular weight is 641 g/mol. The van der Waals surface area contributed by atoms with E-state index in [9.17, 15) is 9.59 Å². The number of anilines is 5. The number of ether oxygens (including phenoxy) is 2. The van der Waals surface area contributed by atoms with E-state index >= 15 is 0 Å². The minimum Gasteiger partial charge on any atom is -0.495 e. The normalized spacial score (nSPS) is 13.4. The third-order valence-electron chi connectivity index (χ3n) is 7.18. The Balaban J connectivity index is 1.38. The van der Waals surface area contributed by atoms with Crippen molar-refractivity contribution in [2.75, 3.05) is 67.8 Å². The molecule has 230 valence electrons. The molecule has 0 aliphatic carbocycles. The van der Waals surface area contributed by atoms with Crippen LogP contribution in [0.2, 0.25) is 10.0 Å². The van der Waals surface area contributed by atoms with Crippen molar-refractivity contribution in [2.24, 2.45) is 0 Å². The van der Waals surface area contributed by atoms with E-state index in [4.69, 9.17) is 37.1 Å². The predicted molar refractivity (Wildman–Crippen MR) is 172 cm³/mol. The summed E-state index contributed by atoms with van der Waals surface area (Å²) in [5.41, 5.74) is 2.91. The first-order valence-corrected chi connectivity index (χ1v) is 14.5. The minimum atomic E-state index is -0.695. The van der Waals surface area contributed by atoms with E-state index in [0.717, 1.165) is 38.4 Å². The molecule has 0 unspecified atom stereocenters. The number of carbonyl (C=O) groups is 2. The third kappa shape index (κ3) is 6.52. The number of likely N-dealkylation sites (N-methyl/N-ethyl adjacent to an activating group) is 1. The highest BCUT2D eigenvalue weighted by Gasteiger charge is 2.23. The summed E-state index contributed by atoms with van der Waals surface area (Å²) in [5, 5.41) is 8.89. The Morgan fingerprint density at radius 3 is 2.36 bits per heavy atom. The summed E-state index contributed by atoms with van der Waals surface area (Å²) in [6.45, 7) is 10.5. The zero-order valence-corrected chi connectivity index (χ0v) is 25.9. The van der Waals surface area contributed by atoms with Gasteiger partial charge in [0.05, 0.1) is 37.5 Å². The number of amides is 2. The number of piperazine rings is 1. The number of methoxy groups -OCH3 is 2. The van der Waals surface area contributed by atoms with Crippen molar-refractivity contribution in [3.05, 3.63) is 65.1 Å². The maximum absolute atomic E-state index is 13.1. The summed E-state index contributed by atoms with van der Waals surface area (Å²) >= 11 is 12.8. The van der Waals surface area contributed by atoms with Gasteiger partial charge in [-0.2, -0.15) is 0 Å². The predicted octanol–water partition coefficient (Wildman–Crippen LogP) is 5.81. The van der Waals surface area contributed by atoms with Crippen LogP contribution in [0.3, 0.4) is 0 Å². The topological polar surface area (TPSA) is 134 Å². The SMILES string of the molecule is C=CC(=O)Nc1cc(N2CCN(CC)CC2)ccc1Nc1cc2nc(C(=O)Nc3c(Cl)c(OC)cc(OC)c3Cl)oc2cn1. The molecule has 1 saturated heterocycles. The Kier molecular flexibility index (Phi) is 9.43. The van der Waals surface area contributed by atoms with E-state index in [-0.39, 0.29) is 44.6 Å². The highest BCUT2D eigenvalue weighted by atomic mass is 35.5. The number of nitrogens with one attached hydrogen (secondary N) is 3. The Morgan fingerprint density at radius 2 is 1.73 bits per heavy atom. The molecule has 0 atom stereocenters. The second-order valence-corrected chi connectivity index (χ2v) is 10.5. The molecule has 2 aromatic heterocycles. The Bertz CT molecular complexity index is 1690.